The molecule has 0 spiro atoms. The van der Waals surface area contributed by atoms with E-state index in [9.17, 15) is 0 Å². The molecule has 0 atom stereocenters. The van der Waals surface area contributed by atoms with Gasteiger partial charge in [-0.2, -0.15) is 0 Å². The van der Waals surface area contributed by atoms with Gasteiger partial charge in [-0.25, -0.2) is 0 Å². The summed E-state index contributed by atoms with van der Waals surface area (Å²) in [4.78, 5) is 0. The van der Waals surface area contributed by atoms with E-state index >= 15 is 0 Å². The molecule has 0 saturated carbocycles. The molecule has 0 amide bonds. The maximum absolute atomic E-state index is 3.98. The summed E-state index contributed by atoms with van der Waals surface area (Å²) in [6, 6.07) is 10.7. The van der Waals surface area contributed by atoms with Gasteiger partial charge in [0.1, 0.15) is 0 Å². The van der Waals surface area contributed by atoms with Crippen LogP contribution in [0.2, 0.25) is 0 Å². The summed E-state index contributed by atoms with van der Waals surface area (Å²) in [6.07, 6.45) is 5.90. The third-order valence-electron chi connectivity index (χ3n) is 3.22. The van der Waals surface area contributed by atoms with E-state index in [0.717, 1.165) is 19.4 Å². The number of nitrogens with zero attached hydrogens (tertiary/aromatic N) is 3. The van der Waals surface area contributed by atoms with Crippen LogP contribution in [0.15, 0.2) is 42.7 Å². The summed E-state index contributed by atoms with van der Waals surface area (Å²) in [5.74, 6) is 0. The first kappa shape index (κ1) is 11.8. The second kappa shape index (κ2) is 5.13. The maximum Gasteiger partial charge on any atom is 0.0692 e. The van der Waals surface area contributed by atoms with Gasteiger partial charge < -0.3 is 0 Å². The fourth-order valence-electron chi connectivity index (χ4n) is 2.07. The molecule has 0 bridgehead atoms. The number of aryl methyl sites for hydroxylation is 1. The molecule has 0 unspecified atom stereocenters. The third kappa shape index (κ3) is 3.16. The predicted molar refractivity (Wildman–Crippen MR) is 68.7 cm³/mol. The second-order valence-corrected chi connectivity index (χ2v) is 5.02. The van der Waals surface area contributed by atoms with Gasteiger partial charge >= 0.3 is 0 Å². The first-order chi connectivity index (χ1) is 8.18. The van der Waals surface area contributed by atoms with E-state index in [0.29, 0.717) is 0 Å². The molecule has 3 nitrogen and oxygen atoms in total. The molecule has 0 N–H and O–H groups in total. The Kier molecular flexibility index (Phi) is 3.57. The van der Waals surface area contributed by atoms with Crippen LogP contribution in [0.5, 0.6) is 0 Å². The van der Waals surface area contributed by atoms with Crippen molar-refractivity contribution in [1.82, 2.24) is 15.0 Å². The smallest absolute Gasteiger partial charge is 0.0692 e. The molecule has 0 aliphatic carbocycles. The van der Waals surface area contributed by atoms with Crippen LogP contribution in [0.4, 0.5) is 0 Å². The summed E-state index contributed by atoms with van der Waals surface area (Å²) in [5, 5.41) is 7.78. The van der Waals surface area contributed by atoms with Gasteiger partial charge in [0.25, 0.3) is 0 Å². The van der Waals surface area contributed by atoms with Crippen LogP contribution < -0.4 is 0 Å². The minimum Gasteiger partial charge on any atom is -0.253 e. The monoisotopic (exact) mass is 229 g/mol. The fraction of sp³-hybridized carbons (Fsp3) is 0.429. The van der Waals surface area contributed by atoms with Crippen molar-refractivity contribution in [3.63, 3.8) is 0 Å². The quantitative estimate of drug-likeness (QED) is 0.789. The minimum absolute atomic E-state index is 0.224. The Balaban J connectivity index is 1.90. The van der Waals surface area contributed by atoms with Crippen LogP contribution in [0, 0.1) is 0 Å². The highest BCUT2D eigenvalue weighted by atomic mass is 15.4. The van der Waals surface area contributed by atoms with Gasteiger partial charge in [0.2, 0.25) is 0 Å². The lowest BCUT2D eigenvalue weighted by molar-refractivity contribution is 0.425. The average molecular weight is 229 g/mol. The zero-order valence-corrected chi connectivity index (χ0v) is 10.5. The van der Waals surface area contributed by atoms with Crippen LogP contribution in [0.25, 0.3) is 0 Å². The molecule has 2 aromatic rings. The van der Waals surface area contributed by atoms with E-state index in [-0.39, 0.29) is 5.41 Å². The zero-order chi connectivity index (χ0) is 12.1. The van der Waals surface area contributed by atoms with Crippen LogP contribution in [0.1, 0.15) is 32.3 Å². The van der Waals surface area contributed by atoms with Crippen LogP contribution in [-0.4, -0.2) is 15.0 Å². The predicted octanol–water partition coefficient (Wildman–Crippen LogP) is 3.04. The lowest BCUT2D eigenvalue weighted by atomic mass is 9.80. The Labute approximate surface area is 102 Å². The molecule has 2 rings (SSSR count). The maximum atomic E-state index is 3.98. The molecule has 1 aromatic heterocycles. The van der Waals surface area contributed by atoms with Gasteiger partial charge in [0.15, 0.2) is 0 Å². The number of rotatable bonds is 5. The van der Waals surface area contributed by atoms with Gasteiger partial charge in [0, 0.05) is 12.7 Å². The first-order valence-electron chi connectivity index (χ1n) is 6.08. The Morgan fingerprint density at radius 1 is 1.18 bits per heavy atom. The Hall–Kier alpha value is -1.64. The highest BCUT2D eigenvalue weighted by Crippen LogP contribution is 2.28. The summed E-state index contributed by atoms with van der Waals surface area (Å²) in [5.41, 5.74) is 1.63. The molecule has 3 heteroatoms. The number of hydrogen-bond donors (Lipinski definition) is 0. The fourth-order valence-corrected chi connectivity index (χ4v) is 2.07. The largest absolute Gasteiger partial charge is 0.253 e. The van der Waals surface area contributed by atoms with Crippen LogP contribution in [0.3, 0.4) is 0 Å². The summed E-state index contributed by atoms with van der Waals surface area (Å²) in [6.45, 7) is 5.53. The van der Waals surface area contributed by atoms with Crippen molar-refractivity contribution in [2.75, 3.05) is 0 Å². The lowest BCUT2D eigenvalue weighted by Gasteiger charge is -2.25. The molecule has 0 aliphatic heterocycles. The lowest BCUT2D eigenvalue weighted by Crippen LogP contribution is -2.17. The van der Waals surface area contributed by atoms with Gasteiger partial charge in [0.05, 0.1) is 6.20 Å². The molecule has 0 aliphatic rings. The number of hydrogen-bond acceptors (Lipinski definition) is 2. The van der Waals surface area contributed by atoms with E-state index in [1.54, 1.807) is 6.20 Å². The van der Waals surface area contributed by atoms with E-state index in [4.69, 9.17) is 0 Å². The van der Waals surface area contributed by atoms with Crippen molar-refractivity contribution in [2.24, 2.45) is 0 Å². The van der Waals surface area contributed by atoms with Crippen LogP contribution in [-0.2, 0) is 12.0 Å². The van der Waals surface area contributed by atoms with E-state index in [2.05, 4.69) is 54.5 Å². The van der Waals surface area contributed by atoms with Crippen molar-refractivity contribution >= 4 is 0 Å². The highest BCUT2D eigenvalue weighted by Gasteiger charge is 2.19. The molecule has 1 heterocycles. The van der Waals surface area contributed by atoms with Gasteiger partial charge in [-0.3, -0.25) is 4.68 Å². The van der Waals surface area contributed by atoms with Gasteiger partial charge in [-0.05, 0) is 23.8 Å². The minimum atomic E-state index is 0.224. The third-order valence-corrected chi connectivity index (χ3v) is 3.22. The summed E-state index contributed by atoms with van der Waals surface area (Å²) in [7, 11) is 0. The van der Waals surface area contributed by atoms with Gasteiger partial charge in [-0.1, -0.05) is 49.4 Å². The Morgan fingerprint density at radius 3 is 2.59 bits per heavy atom. The van der Waals surface area contributed by atoms with Crippen molar-refractivity contribution in [3.8, 4) is 0 Å². The van der Waals surface area contributed by atoms with Crippen molar-refractivity contribution in [2.45, 2.75) is 38.6 Å². The van der Waals surface area contributed by atoms with E-state index in [1.807, 2.05) is 10.9 Å². The molecule has 90 valence electrons. The molecule has 1 aromatic carbocycles. The normalized spacial score (nSPS) is 11.6. The molecular formula is C14H19N3. The Morgan fingerprint density at radius 2 is 1.94 bits per heavy atom. The molecule has 0 saturated heterocycles. The second-order valence-electron chi connectivity index (χ2n) is 5.02. The summed E-state index contributed by atoms with van der Waals surface area (Å²) < 4.78 is 1.89. The standard InChI is InChI=1S/C14H19N3/c1-14(2,13-7-4-3-5-8-13)9-6-11-17-12-10-15-16-17/h3-5,7-8,10,12H,6,9,11H2,1-2H3. The van der Waals surface area contributed by atoms with Gasteiger partial charge in [-0.15, -0.1) is 5.10 Å². The first-order valence-corrected chi connectivity index (χ1v) is 6.08. The number of aromatic nitrogens is 3. The molecule has 0 radical (unpaired) electrons. The van der Waals surface area contributed by atoms with E-state index in [1.165, 1.54) is 5.56 Å². The molecule has 17 heavy (non-hydrogen) atoms. The summed E-state index contributed by atoms with van der Waals surface area (Å²) >= 11 is 0. The zero-order valence-electron chi connectivity index (χ0n) is 10.5. The molecule has 0 fully saturated rings. The number of benzene rings is 1. The topological polar surface area (TPSA) is 30.7 Å². The van der Waals surface area contributed by atoms with Crippen molar-refractivity contribution in [1.29, 1.82) is 0 Å². The average Bonchev–Trinajstić information content (AvgIpc) is 2.83. The van der Waals surface area contributed by atoms with Crippen molar-refractivity contribution in [3.05, 3.63) is 48.3 Å². The van der Waals surface area contributed by atoms with Crippen molar-refractivity contribution < 1.29 is 0 Å². The molecular weight excluding hydrogens is 210 g/mol. The van der Waals surface area contributed by atoms with E-state index < -0.39 is 0 Å². The highest BCUT2D eigenvalue weighted by molar-refractivity contribution is 5.23. The Bertz CT molecular complexity index is 432. The van der Waals surface area contributed by atoms with Crippen LogP contribution >= 0.6 is 0 Å². The SMILES string of the molecule is CC(C)(CCCn1ccnn1)c1ccccc1.